The van der Waals surface area contributed by atoms with Gasteiger partial charge in [-0.05, 0) is 18.6 Å². The highest BCUT2D eigenvalue weighted by Gasteiger charge is 2.16. The molecule has 6 heteroatoms. The second-order valence-corrected chi connectivity index (χ2v) is 5.13. The Balaban J connectivity index is 0.00000289. The number of nitrogen functional groups attached to an aromatic ring is 1. The average Bonchev–Trinajstić information content (AvgIpc) is 2.23. The van der Waals surface area contributed by atoms with E-state index < -0.39 is 10.1 Å². The van der Waals surface area contributed by atoms with Crippen molar-refractivity contribution in [3.63, 3.8) is 0 Å². The molecule has 1 rings (SSSR count). The van der Waals surface area contributed by atoms with Crippen LogP contribution in [0.15, 0.2) is 23.1 Å². The van der Waals surface area contributed by atoms with Gasteiger partial charge in [0, 0.05) is 11.8 Å². The average molecular weight is 275 g/mol. The third-order valence-corrected chi connectivity index (χ3v) is 3.14. The minimum absolute atomic E-state index is 0. The first kappa shape index (κ1) is 16.7. The van der Waals surface area contributed by atoms with Crippen LogP contribution >= 0.6 is 0 Å². The van der Waals surface area contributed by atoms with E-state index in [-0.39, 0.29) is 18.1 Å². The molecule has 0 radical (unpaired) electrons. The van der Waals surface area contributed by atoms with E-state index in [1.807, 2.05) is 0 Å². The lowest BCUT2D eigenvalue weighted by molar-refractivity contribution is 0.297. The monoisotopic (exact) mass is 275 g/mol. The van der Waals surface area contributed by atoms with Crippen molar-refractivity contribution in [2.75, 3.05) is 12.3 Å². The lowest BCUT2D eigenvalue weighted by atomic mass is 10.2. The topological polar surface area (TPSA) is 89.6 Å². The Kier molecular flexibility index (Phi) is 6.72. The summed E-state index contributed by atoms with van der Waals surface area (Å²) in [5, 5.41) is 0. The van der Waals surface area contributed by atoms with Gasteiger partial charge in [0.05, 0.1) is 6.61 Å². The molecule has 0 aliphatic heterocycles. The minimum atomic E-state index is -4.27. The molecule has 0 bridgehead atoms. The highest BCUT2D eigenvalue weighted by atomic mass is 32.2. The predicted molar refractivity (Wildman–Crippen MR) is 72.4 cm³/mol. The standard InChI is InChI=1S/C11H17NO4S.CH4/c1-2-3-4-7-16-10-8-9(12)5-6-11(10)17(13,14)15;/h5-6,8H,2-4,7,12H2,1H3,(H,13,14,15);1H4. The zero-order valence-electron chi connectivity index (χ0n) is 9.72. The molecular formula is C12H21NO4S. The summed E-state index contributed by atoms with van der Waals surface area (Å²) in [4.78, 5) is -0.247. The highest BCUT2D eigenvalue weighted by molar-refractivity contribution is 7.86. The Morgan fingerprint density at radius 2 is 2.00 bits per heavy atom. The lowest BCUT2D eigenvalue weighted by Crippen LogP contribution is -2.05. The van der Waals surface area contributed by atoms with Crippen LogP contribution in [0.25, 0.3) is 0 Å². The first-order valence-electron chi connectivity index (χ1n) is 5.45. The van der Waals surface area contributed by atoms with Crippen molar-refractivity contribution in [3.05, 3.63) is 18.2 Å². The van der Waals surface area contributed by atoms with Crippen LogP contribution in [0.1, 0.15) is 33.6 Å². The summed E-state index contributed by atoms with van der Waals surface area (Å²) in [7, 11) is -4.27. The van der Waals surface area contributed by atoms with Gasteiger partial charge >= 0.3 is 0 Å². The number of hydrogen-bond acceptors (Lipinski definition) is 4. The zero-order valence-corrected chi connectivity index (χ0v) is 10.5. The van der Waals surface area contributed by atoms with Crippen molar-refractivity contribution in [2.45, 2.75) is 38.5 Å². The first-order valence-corrected chi connectivity index (χ1v) is 6.89. The number of ether oxygens (including phenoxy) is 1. The van der Waals surface area contributed by atoms with Gasteiger partial charge in [-0.1, -0.05) is 27.2 Å². The van der Waals surface area contributed by atoms with Gasteiger partial charge in [-0.3, -0.25) is 4.55 Å². The van der Waals surface area contributed by atoms with E-state index in [9.17, 15) is 8.42 Å². The molecule has 0 aromatic heterocycles. The predicted octanol–water partition coefficient (Wildman–Crippen LogP) is 2.72. The van der Waals surface area contributed by atoms with Crippen LogP contribution in [-0.2, 0) is 10.1 Å². The van der Waals surface area contributed by atoms with Gasteiger partial charge in [0.1, 0.15) is 10.6 Å². The Morgan fingerprint density at radius 3 is 2.56 bits per heavy atom. The minimum Gasteiger partial charge on any atom is -0.492 e. The quantitative estimate of drug-likeness (QED) is 0.473. The fourth-order valence-corrected chi connectivity index (χ4v) is 2.00. The van der Waals surface area contributed by atoms with E-state index in [1.54, 1.807) is 0 Å². The van der Waals surface area contributed by atoms with Crippen LogP contribution < -0.4 is 10.5 Å². The van der Waals surface area contributed by atoms with Crippen molar-refractivity contribution in [2.24, 2.45) is 0 Å². The summed E-state index contributed by atoms with van der Waals surface area (Å²) in [5.41, 5.74) is 5.94. The van der Waals surface area contributed by atoms with Crippen LogP contribution in [0.5, 0.6) is 5.75 Å². The molecule has 0 amide bonds. The maximum Gasteiger partial charge on any atom is 0.298 e. The molecular weight excluding hydrogens is 254 g/mol. The molecule has 0 saturated heterocycles. The van der Waals surface area contributed by atoms with Crippen LogP contribution in [0.2, 0.25) is 0 Å². The van der Waals surface area contributed by atoms with Crippen molar-refractivity contribution in [1.82, 2.24) is 0 Å². The number of hydrogen-bond donors (Lipinski definition) is 2. The second-order valence-electron chi connectivity index (χ2n) is 3.74. The highest BCUT2D eigenvalue weighted by Crippen LogP contribution is 2.26. The maximum atomic E-state index is 11.1. The van der Waals surface area contributed by atoms with Gasteiger partial charge in [0.25, 0.3) is 10.1 Å². The Bertz CT molecular complexity index is 471. The maximum absolute atomic E-state index is 11.1. The summed E-state index contributed by atoms with van der Waals surface area (Å²) < 4.78 is 36.5. The van der Waals surface area contributed by atoms with E-state index in [2.05, 4.69) is 6.92 Å². The van der Waals surface area contributed by atoms with Gasteiger partial charge in [0.15, 0.2) is 0 Å². The molecule has 1 aromatic carbocycles. The Morgan fingerprint density at radius 1 is 1.33 bits per heavy atom. The van der Waals surface area contributed by atoms with Gasteiger partial charge < -0.3 is 10.5 Å². The number of anilines is 1. The zero-order chi connectivity index (χ0) is 12.9. The lowest BCUT2D eigenvalue weighted by Gasteiger charge is -2.10. The number of rotatable bonds is 6. The van der Waals surface area contributed by atoms with Crippen molar-refractivity contribution in [3.8, 4) is 5.75 Å². The molecule has 0 saturated carbocycles. The molecule has 104 valence electrons. The van der Waals surface area contributed by atoms with Crippen LogP contribution in [0, 0.1) is 0 Å². The van der Waals surface area contributed by atoms with Crippen molar-refractivity contribution < 1.29 is 17.7 Å². The SMILES string of the molecule is C.CCCCCOc1cc(N)ccc1S(=O)(=O)O. The molecule has 0 unspecified atom stereocenters. The summed E-state index contributed by atoms with van der Waals surface area (Å²) in [6, 6.07) is 4.04. The molecule has 3 N–H and O–H groups in total. The third kappa shape index (κ3) is 4.93. The number of unbranched alkanes of at least 4 members (excludes halogenated alkanes) is 2. The number of nitrogens with two attached hydrogens (primary N) is 1. The van der Waals surface area contributed by atoms with E-state index in [0.29, 0.717) is 12.3 Å². The largest absolute Gasteiger partial charge is 0.492 e. The molecule has 0 fully saturated rings. The van der Waals surface area contributed by atoms with Gasteiger partial charge in [-0.15, -0.1) is 0 Å². The molecule has 0 spiro atoms. The van der Waals surface area contributed by atoms with E-state index >= 15 is 0 Å². The van der Waals surface area contributed by atoms with Gasteiger partial charge in [-0.25, -0.2) is 0 Å². The van der Waals surface area contributed by atoms with Crippen LogP contribution in [-0.4, -0.2) is 19.6 Å². The summed E-state index contributed by atoms with van der Waals surface area (Å²) in [6.45, 7) is 2.46. The van der Waals surface area contributed by atoms with Gasteiger partial charge in [-0.2, -0.15) is 8.42 Å². The molecule has 5 nitrogen and oxygen atoms in total. The Labute approximate surface area is 109 Å². The molecule has 0 aliphatic carbocycles. The first-order chi connectivity index (χ1) is 7.95. The van der Waals surface area contributed by atoms with Crippen LogP contribution in [0.3, 0.4) is 0 Å². The fourth-order valence-electron chi connectivity index (χ4n) is 1.38. The number of benzene rings is 1. The van der Waals surface area contributed by atoms with E-state index in [0.717, 1.165) is 19.3 Å². The molecule has 18 heavy (non-hydrogen) atoms. The normalized spacial score (nSPS) is 10.8. The molecule has 0 aliphatic rings. The van der Waals surface area contributed by atoms with Crippen molar-refractivity contribution >= 4 is 15.8 Å². The van der Waals surface area contributed by atoms with Crippen molar-refractivity contribution in [1.29, 1.82) is 0 Å². The molecule has 0 heterocycles. The van der Waals surface area contributed by atoms with Crippen LogP contribution in [0.4, 0.5) is 5.69 Å². The van der Waals surface area contributed by atoms with Gasteiger partial charge in [0.2, 0.25) is 0 Å². The summed E-state index contributed by atoms with van der Waals surface area (Å²) in [6.07, 6.45) is 2.88. The molecule has 0 atom stereocenters. The Hall–Kier alpha value is -1.27. The van der Waals surface area contributed by atoms with E-state index in [4.69, 9.17) is 15.0 Å². The fraction of sp³-hybridized carbons (Fsp3) is 0.500. The second kappa shape index (κ2) is 7.23. The third-order valence-electron chi connectivity index (χ3n) is 2.25. The smallest absolute Gasteiger partial charge is 0.298 e. The summed E-state index contributed by atoms with van der Waals surface area (Å²) >= 11 is 0. The van der Waals surface area contributed by atoms with E-state index in [1.165, 1.54) is 18.2 Å². The molecule has 1 aromatic rings. The summed E-state index contributed by atoms with van der Waals surface area (Å²) in [5.74, 6) is 0.101.